The van der Waals surface area contributed by atoms with Gasteiger partial charge in [-0.15, -0.1) is 0 Å². The Morgan fingerprint density at radius 1 is 1.43 bits per heavy atom. The Morgan fingerprint density at radius 3 is 3.10 bits per heavy atom. The fraction of sp³-hybridized carbons (Fsp3) is 0.200. The van der Waals surface area contributed by atoms with Gasteiger partial charge >= 0.3 is 5.97 Å². The van der Waals surface area contributed by atoms with Crippen molar-refractivity contribution in [2.45, 2.75) is 17.8 Å². The number of fused-ring (bicyclic) bond motifs is 1. The minimum absolute atomic E-state index is 0.247. The average Bonchev–Trinajstić information content (AvgIpc) is 3.09. The number of furan rings is 1. The third-order valence-electron chi connectivity index (χ3n) is 3.10. The Labute approximate surface area is 125 Å². The Kier molecular flexibility index (Phi) is 3.70. The van der Waals surface area contributed by atoms with Crippen molar-refractivity contribution in [3.05, 3.63) is 47.4 Å². The second-order valence-corrected chi connectivity index (χ2v) is 5.58. The molecule has 3 rings (SSSR count). The number of hydrogen-bond acceptors (Lipinski definition) is 5. The number of ether oxygens (including phenoxy) is 1. The quantitative estimate of drug-likeness (QED) is 0.589. The number of H-pyrrole nitrogens is 1. The molecule has 21 heavy (non-hydrogen) atoms. The van der Waals surface area contributed by atoms with Gasteiger partial charge in [0.1, 0.15) is 0 Å². The van der Waals surface area contributed by atoms with Crippen molar-refractivity contribution in [3.63, 3.8) is 0 Å². The van der Waals surface area contributed by atoms with Gasteiger partial charge < -0.3 is 14.1 Å². The first kappa shape index (κ1) is 13.8. The molecule has 0 spiro atoms. The zero-order valence-corrected chi connectivity index (χ0v) is 12.5. The van der Waals surface area contributed by atoms with Gasteiger partial charge in [-0.3, -0.25) is 0 Å². The molecule has 2 heterocycles. The topological polar surface area (TPSA) is 68.1 Å². The second-order valence-electron chi connectivity index (χ2n) is 4.62. The number of methoxy groups -OCH3 is 1. The largest absolute Gasteiger partial charge is 0.463 e. The van der Waals surface area contributed by atoms with E-state index in [1.807, 2.05) is 19.1 Å². The zero-order valence-electron chi connectivity index (χ0n) is 11.7. The van der Waals surface area contributed by atoms with E-state index >= 15 is 0 Å². The summed E-state index contributed by atoms with van der Waals surface area (Å²) in [6, 6.07) is 7.85. The van der Waals surface area contributed by atoms with Crippen LogP contribution >= 0.6 is 11.8 Å². The summed E-state index contributed by atoms with van der Waals surface area (Å²) < 4.78 is 9.85. The molecule has 1 aromatic carbocycles. The number of nitrogens with one attached hydrogen (secondary N) is 1. The fourth-order valence-corrected chi connectivity index (χ4v) is 2.90. The number of carbonyl (C=O) groups is 1. The molecule has 0 saturated carbocycles. The zero-order chi connectivity index (χ0) is 14.8. The summed E-state index contributed by atoms with van der Waals surface area (Å²) in [7, 11) is 1.34. The van der Waals surface area contributed by atoms with Gasteiger partial charge in [-0.05, 0) is 30.7 Å². The molecule has 108 valence electrons. The van der Waals surface area contributed by atoms with Crippen molar-refractivity contribution < 1.29 is 13.9 Å². The Morgan fingerprint density at radius 2 is 2.29 bits per heavy atom. The van der Waals surface area contributed by atoms with E-state index < -0.39 is 5.97 Å². The molecule has 5 nitrogen and oxygen atoms in total. The van der Waals surface area contributed by atoms with Gasteiger partial charge in [-0.1, -0.05) is 17.8 Å². The number of aryl methyl sites for hydroxylation is 1. The third kappa shape index (κ3) is 2.80. The van der Waals surface area contributed by atoms with E-state index in [-0.39, 0.29) is 5.76 Å². The molecule has 0 aliphatic rings. The van der Waals surface area contributed by atoms with Crippen molar-refractivity contribution in [3.8, 4) is 0 Å². The number of benzene rings is 1. The highest BCUT2D eigenvalue weighted by atomic mass is 32.2. The van der Waals surface area contributed by atoms with E-state index in [9.17, 15) is 4.79 Å². The van der Waals surface area contributed by atoms with Crippen LogP contribution in [0.3, 0.4) is 0 Å². The van der Waals surface area contributed by atoms with Gasteiger partial charge in [0.25, 0.3) is 0 Å². The second kappa shape index (κ2) is 5.65. The first-order chi connectivity index (χ1) is 10.2. The maximum absolute atomic E-state index is 11.5. The number of rotatable bonds is 4. The standard InChI is InChI=1S/C15H14N2O3S/c1-9-3-4-11-12(7-9)17-15(16-11)21-8-10-5-6-20-13(10)14(18)19-2/h3-7H,8H2,1-2H3,(H,16,17). The van der Waals surface area contributed by atoms with E-state index in [1.54, 1.807) is 6.07 Å². The first-order valence-corrected chi connectivity index (χ1v) is 7.40. The predicted molar refractivity (Wildman–Crippen MR) is 80.4 cm³/mol. The highest BCUT2D eigenvalue weighted by Crippen LogP contribution is 2.25. The van der Waals surface area contributed by atoms with Crippen molar-refractivity contribution >= 4 is 28.8 Å². The number of nitrogens with zero attached hydrogens (tertiary/aromatic N) is 1. The number of aromatic nitrogens is 2. The maximum atomic E-state index is 11.5. The van der Waals surface area contributed by atoms with Crippen molar-refractivity contribution in [1.82, 2.24) is 9.97 Å². The van der Waals surface area contributed by atoms with Crippen molar-refractivity contribution in [2.75, 3.05) is 7.11 Å². The number of carbonyl (C=O) groups excluding carboxylic acids is 1. The molecule has 1 N–H and O–H groups in total. The maximum Gasteiger partial charge on any atom is 0.374 e. The summed E-state index contributed by atoms with van der Waals surface area (Å²) in [6.07, 6.45) is 1.49. The molecule has 0 amide bonds. The van der Waals surface area contributed by atoms with E-state index in [0.29, 0.717) is 5.75 Å². The molecule has 0 aliphatic heterocycles. The van der Waals surface area contributed by atoms with E-state index in [1.165, 1.54) is 30.7 Å². The number of esters is 1. The molecule has 0 radical (unpaired) electrons. The van der Waals surface area contributed by atoms with Crippen LogP contribution in [0.15, 0.2) is 40.1 Å². The molecule has 0 atom stereocenters. The average molecular weight is 302 g/mol. The highest BCUT2D eigenvalue weighted by molar-refractivity contribution is 7.98. The van der Waals surface area contributed by atoms with Gasteiger partial charge in [0, 0.05) is 11.3 Å². The van der Waals surface area contributed by atoms with Gasteiger partial charge in [-0.2, -0.15) is 0 Å². The highest BCUT2D eigenvalue weighted by Gasteiger charge is 2.16. The van der Waals surface area contributed by atoms with Crippen LogP contribution in [0.2, 0.25) is 0 Å². The molecule has 0 bridgehead atoms. The lowest BCUT2D eigenvalue weighted by molar-refractivity contribution is 0.0564. The van der Waals surface area contributed by atoms with Crippen LogP contribution in [0.25, 0.3) is 11.0 Å². The Bertz CT molecular complexity index is 791. The summed E-state index contributed by atoms with van der Waals surface area (Å²) in [4.78, 5) is 19.3. The minimum atomic E-state index is -0.462. The van der Waals surface area contributed by atoms with Crippen LogP contribution in [0.1, 0.15) is 21.7 Å². The molecule has 0 fully saturated rings. The van der Waals surface area contributed by atoms with Crippen LogP contribution in [-0.2, 0) is 10.5 Å². The Balaban J connectivity index is 1.77. The first-order valence-electron chi connectivity index (χ1n) is 6.41. The summed E-state index contributed by atoms with van der Waals surface area (Å²) in [5.74, 6) is 0.368. The van der Waals surface area contributed by atoms with Crippen molar-refractivity contribution in [1.29, 1.82) is 0 Å². The van der Waals surface area contributed by atoms with Crippen molar-refractivity contribution in [2.24, 2.45) is 0 Å². The van der Waals surface area contributed by atoms with Crippen LogP contribution in [0, 0.1) is 6.92 Å². The molecule has 0 aliphatic carbocycles. The minimum Gasteiger partial charge on any atom is -0.463 e. The fourth-order valence-electron chi connectivity index (χ4n) is 2.04. The van der Waals surface area contributed by atoms with Gasteiger partial charge in [0.15, 0.2) is 5.16 Å². The molecule has 6 heteroatoms. The molecule has 0 unspecified atom stereocenters. The Hall–Kier alpha value is -2.21. The molecular formula is C15H14N2O3S. The van der Waals surface area contributed by atoms with E-state index in [0.717, 1.165) is 21.8 Å². The summed E-state index contributed by atoms with van der Waals surface area (Å²) in [5, 5.41) is 0.813. The van der Waals surface area contributed by atoms with Gasteiger partial charge in [-0.25, -0.2) is 9.78 Å². The number of aromatic amines is 1. The third-order valence-corrected chi connectivity index (χ3v) is 4.02. The summed E-state index contributed by atoms with van der Waals surface area (Å²) in [5.41, 5.74) is 3.93. The van der Waals surface area contributed by atoms with Crippen LogP contribution in [0.4, 0.5) is 0 Å². The molecular weight excluding hydrogens is 288 g/mol. The van der Waals surface area contributed by atoms with Crippen LogP contribution < -0.4 is 0 Å². The lowest BCUT2D eigenvalue weighted by Gasteiger charge is -1.99. The molecule has 0 saturated heterocycles. The van der Waals surface area contributed by atoms with E-state index in [4.69, 9.17) is 4.42 Å². The molecule has 2 aromatic heterocycles. The lowest BCUT2D eigenvalue weighted by atomic mass is 10.2. The molecule has 3 aromatic rings. The summed E-state index contributed by atoms with van der Waals surface area (Å²) >= 11 is 1.52. The SMILES string of the molecule is COC(=O)c1occc1CSc1nc2ccc(C)cc2[nH]1. The van der Waals surface area contributed by atoms with Gasteiger partial charge in [0.2, 0.25) is 5.76 Å². The normalized spacial score (nSPS) is 11.0. The number of thioether (sulfide) groups is 1. The smallest absolute Gasteiger partial charge is 0.374 e. The monoisotopic (exact) mass is 302 g/mol. The number of hydrogen-bond donors (Lipinski definition) is 1. The van der Waals surface area contributed by atoms with Crippen LogP contribution in [-0.4, -0.2) is 23.0 Å². The number of imidazole rings is 1. The lowest BCUT2D eigenvalue weighted by Crippen LogP contribution is -2.02. The van der Waals surface area contributed by atoms with Gasteiger partial charge in [0.05, 0.1) is 24.4 Å². The predicted octanol–water partition coefficient (Wildman–Crippen LogP) is 3.54. The van der Waals surface area contributed by atoms with E-state index in [2.05, 4.69) is 20.8 Å². The summed E-state index contributed by atoms with van der Waals surface area (Å²) in [6.45, 7) is 2.04. The van der Waals surface area contributed by atoms with Crippen LogP contribution in [0.5, 0.6) is 0 Å².